The van der Waals surface area contributed by atoms with Crippen molar-refractivity contribution in [3.8, 4) is 11.5 Å². The summed E-state index contributed by atoms with van der Waals surface area (Å²) in [5.41, 5.74) is 3.56. The highest BCUT2D eigenvalue weighted by Crippen LogP contribution is 2.13. The highest BCUT2D eigenvalue weighted by atomic mass is 16.5. The third-order valence-corrected chi connectivity index (χ3v) is 3.19. The molecule has 7 heteroatoms. The van der Waals surface area contributed by atoms with Crippen molar-refractivity contribution in [3.05, 3.63) is 59.7 Å². The predicted molar refractivity (Wildman–Crippen MR) is 96.9 cm³/mol. The van der Waals surface area contributed by atoms with Crippen LogP contribution in [0.3, 0.4) is 0 Å². The van der Waals surface area contributed by atoms with Crippen molar-refractivity contribution < 1.29 is 24.2 Å². The fourth-order valence-electron chi connectivity index (χ4n) is 1.98. The van der Waals surface area contributed by atoms with Crippen LogP contribution in [0.25, 0.3) is 0 Å². The highest BCUT2D eigenvalue weighted by Gasteiger charge is 2.04. The summed E-state index contributed by atoms with van der Waals surface area (Å²) >= 11 is 0. The Kier molecular flexibility index (Phi) is 7.17. The Labute approximate surface area is 151 Å². The molecule has 1 amide bonds. The molecule has 0 unspecified atom stereocenters. The first-order chi connectivity index (χ1) is 12.6. The van der Waals surface area contributed by atoms with Gasteiger partial charge < -0.3 is 14.6 Å². The molecule has 0 fully saturated rings. The molecule has 2 rings (SSSR count). The number of nitrogens with one attached hydrogen (secondary N) is 1. The van der Waals surface area contributed by atoms with Crippen molar-refractivity contribution >= 4 is 18.1 Å². The van der Waals surface area contributed by atoms with Crippen LogP contribution in [0.2, 0.25) is 0 Å². The minimum Gasteiger partial charge on any atom is -0.494 e. The van der Waals surface area contributed by atoms with Gasteiger partial charge in [-0.05, 0) is 48.4 Å². The summed E-state index contributed by atoms with van der Waals surface area (Å²) in [6, 6.07) is 13.5. The fraction of sp³-hybridized carbons (Fsp3) is 0.211. The number of nitrogens with zero attached hydrogens (tertiary/aromatic N) is 1. The van der Waals surface area contributed by atoms with Crippen LogP contribution >= 0.6 is 0 Å². The van der Waals surface area contributed by atoms with Crippen LogP contribution in [0.1, 0.15) is 29.3 Å². The number of carboxylic acid groups (broad SMARTS) is 1. The summed E-state index contributed by atoms with van der Waals surface area (Å²) in [6.07, 6.45) is 2.36. The predicted octanol–water partition coefficient (Wildman–Crippen LogP) is 2.70. The van der Waals surface area contributed by atoms with Crippen molar-refractivity contribution in [1.29, 1.82) is 0 Å². The van der Waals surface area contributed by atoms with Crippen LogP contribution in [-0.2, 0) is 4.79 Å². The number of ether oxygens (including phenoxy) is 2. The first kappa shape index (κ1) is 19.0. The number of carbonyl (C=O) groups is 2. The van der Waals surface area contributed by atoms with E-state index in [9.17, 15) is 9.59 Å². The van der Waals surface area contributed by atoms with Gasteiger partial charge in [-0.15, -0.1) is 0 Å². The summed E-state index contributed by atoms with van der Waals surface area (Å²) in [7, 11) is 0. The summed E-state index contributed by atoms with van der Waals surface area (Å²) in [5, 5.41) is 12.5. The second-order valence-corrected chi connectivity index (χ2v) is 5.33. The zero-order valence-electron chi connectivity index (χ0n) is 14.3. The maximum atomic E-state index is 12.0. The third kappa shape index (κ3) is 6.27. The Morgan fingerprint density at radius 2 is 1.88 bits per heavy atom. The Morgan fingerprint density at radius 3 is 2.58 bits per heavy atom. The number of benzene rings is 2. The number of carbonyl (C=O) groups excluding carboxylic acids is 1. The molecule has 0 spiro atoms. The third-order valence-electron chi connectivity index (χ3n) is 3.19. The van der Waals surface area contributed by atoms with E-state index in [1.54, 1.807) is 48.5 Å². The van der Waals surface area contributed by atoms with Gasteiger partial charge in [-0.1, -0.05) is 19.1 Å². The molecule has 0 radical (unpaired) electrons. The average molecular weight is 356 g/mol. The molecule has 136 valence electrons. The van der Waals surface area contributed by atoms with Crippen LogP contribution < -0.4 is 14.9 Å². The monoisotopic (exact) mass is 356 g/mol. The molecule has 0 aromatic heterocycles. The van der Waals surface area contributed by atoms with Gasteiger partial charge in [0, 0.05) is 5.56 Å². The number of carboxylic acids is 1. The van der Waals surface area contributed by atoms with Crippen molar-refractivity contribution in [3.63, 3.8) is 0 Å². The SMILES string of the molecule is CCCOc1ccc(C(=O)N/N=C\c2cccc(OCC(=O)O)c2)cc1. The lowest BCUT2D eigenvalue weighted by Gasteiger charge is -2.05. The van der Waals surface area contributed by atoms with Crippen molar-refractivity contribution in [2.24, 2.45) is 5.10 Å². The number of aliphatic carboxylic acids is 1. The number of amides is 1. The van der Waals surface area contributed by atoms with Gasteiger partial charge in [0.15, 0.2) is 6.61 Å². The average Bonchev–Trinajstić information content (AvgIpc) is 2.65. The van der Waals surface area contributed by atoms with E-state index in [1.165, 1.54) is 6.21 Å². The van der Waals surface area contributed by atoms with E-state index in [-0.39, 0.29) is 5.91 Å². The van der Waals surface area contributed by atoms with E-state index in [4.69, 9.17) is 14.6 Å². The Balaban J connectivity index is 1.90. The van der Waals surface area contributed by atoms with Crippen LogP contribution in [0.15, 0.2) is 53.6 Å². The topological polar surface area (TPSA) is 97.2 Å². The van der Waals surface area contributed by atoms with Gasteiger partial charge in [0.05, 0.1) is 12.8 Å². The van der Waals surface area contributed by atoms with Crippen molar-refractivity contribution in [2.75, 3.05) is 13.2 Å². The van der Waals surface area contributed by atoms with E-state index in [0.29, 0.717) is 29.2 Å². The first-order valence-corrected chi connectivity index (χ1v) is 8.09. The van der Waals surface area contributed by atoms with Crippen LogP contribution in [-0.4, -0.2) is 36.4 Å². The van der Waals surface area contributed by atoms with Crippen LogP contribution in [0, 0.1) is 0 Å². The smallest absolute Gasteiger partial charge is 0.341 e. The Hall–Kier alpha value is -3.35. The molecule has 0 bridgehead atoms. The van der Waals surface area contributed by atoms with Gasteiger partial charge >= 0.3 is 5.97 Å². The standard InChI is InChI=1S/C19H20N2O5/c1-2-10-25-16-8-6-15(7-9-16)19(24)21-20-12-14-4-3-5-17(11-14)26-13-18(22)23/h3-9,11-12H,2,10,13H2,1H3,(H,21,24)(H,22,23)/b20-12-. The van der Waals surface area contributed by atoms with Gasteiger partial charge in [0.25, 0.3) is 5.91 Å². The normalized spacial score (nSPS) is 10.5. The Morgan fingerprint density at radius 1 is 1.12 bits per heavy atom. The molecular formula is C19H20N2O5. The minimum absolute atomic E-state index is 0.346. The van der Waals surface area contributed by atoms with Gasteiger partial charge in [0.1, 0.15) is 11.5 Å². The van der Waals surface area contributed by atoms with E-state index in [1.807, 2.05) is 6.92 Å². The number of rotatable bonds is 9. The molecule has 0 saturated carbocycles. The molecule has 0 aliphatic heterocycles. The summed E-state index contributed by atoms with van der Waals surface area (Å²) in [5.74, 6) is -0.278. The second-order valence-electron chi connectivity index (χ2n) is 5.33. The number of hydrogen-bond acceptors (Lipinski definition) is 5. The molecule has 2 aromatic carbocycles. The van der Waals surface area contributed by atoms with Crippen molar-refractivity contribution in [1.82, 2.24) is 5.43 Å². The van der Waals surface area contributed by atoms with Gasteiger partial charge in [-0.25, -0.2) is 10.2 Å². The van der Waals surface area contributed by atoms with E-state index in [0.717, 1.165) is 6.42 Å². The number of hydrazone groups is 1. The molecule has 0 atom stereocenters. The highest BCUT2D eigenvalue weighted by molar-refractivity contribution is 5.95. The molecule has 0 saturated heterocycles. The van der Waals surface area contributed by atoms with Gasteiger partial charge in [-0.2, -0.15) is 5.10 Å². The summed E-state index contributed by atoms with van der Waals surface area (Å²) in [6.45, 7) is 2.23. The lowest BCUT2D eigenvalue weighted by atomic mass is 10.2. The largest absolute Gasteiger partial charge is 0.494 e. The summed E-state index contributed by atoms with van der Waals surface area (Å²) < 4.78 is 10.5. The van der Waals surface area contributed by atoms with Gasteiger partial charge in [-0.3, -0.25) is 4.79 Å². The maximum absolute atomic E-state index is 12.0. The molecule has 0 aliphatic rings. The van der Waals surface area contributed by atoms with Crippen molar-refractivity contribution in [2.45, 2.75) is 13.3 Å². The minimum atomic E-state index is -1.05. The molecule has 26 heavy (non-hydrogen) atoms. The molecule has 0 aliphatic carbocycles. The second kappa shape index (κ2) is 9.83. The summed E-state index contributed by atoms with van der Waals surface area (Å²) in [4.78, 5) is 22.6. The van der Waals surface area contributed by atoms with E-state index < -0.39 is 12.6 Å². The molecule has 2 aromatic rings. The maximum Gasteiger partial charge on any atom is 0.341 e. The lowest BCUT2D eigenvalue weighted by Crippen LogP contribution is -2.17. The van der Waals surface area contributed by atoms with E-state index in [2.05, 4.69) is 10.5 Å². The Bertz CT molecular complexity index is 772. The molecule has 2 N–H and O–H groups in total. The number of hydrogen-bond donors (Lipinski definition) is 2. The van der Waals surface area contributed by atoms with Crippen LogP contribution in [0.4, 0.5) is 0 Å². The first-order valence-electron chi connectivity index (χ1n) is 8.09. The zero-order valence-corrected chi connectivity index (χ0v) is 14.3. The lowest BCUT2D eigenvalue weighted by molar-refractivity contribution is -0.139. The fourth-order valence-corrected chi connectivity index (χ4v) is 1.98. The van der Waals surface area contributed by atoms with Gasteiger partial charge in [0.2, 0.25) is 0 Å². The van der Waals surface area contributed by atoms with Crippen LogP contribution in [0.5, 0.6) is 11.5 Å². The molecule has 7 nitrogen and oxygen atoms in total. The van der Waals surface area contributed by atoms with E-state index >= 15 is 0 Å². The quantitative estimate of drug-likeness (QED) is 0.532. The molecular weight excluding hydrogens is 336 g/mol. The molecule has 0 heterocycles. The zero-order chi connectivity index (χ0) is 18.8.